The van der Waals surface area contributed by atoms with Crippen LogP contribution in [0.15, 0.2) is 35.4 Å². The Kier molecular flexibility index (Phi) is 5.94. The van der Waals surface area contributed by atoms with Crippen LogP contribution in [-0.2, 0) is 14.9 Å². The standard InChI is InChI=1S/C13H16N2O5S.Na.H/c1-9-11(13(2,8-16)21(18,19)20)12(17)15(14-9)10-6-4-3-5-7-10;;/h3-7,11,16H,8H2,1-2H3,(H,18,19,20);;. The third-order valence-corrected chi connectivity index (χ3v) is 5.19. The zero-order valence-corrected chi connectivity index (χ0v) is 12.4. The van der Waals surface area contributed by atoms with Crippen LogP contribution >= 0.6 is 0 Å². The minimum absolute atomic E-state index is 0. The number of benzene rings is 1. The fourth-order valence-corrected chi connectivity index (χ4v) is 3.08. The van der Waals surface area contributed by atoms with E-state index in [1.165, 1.54) is 6.92 Å². The van der Waals surface area contributed by atoms with Crippen molar-refractivity contribution >= 4 is 57.0 Å². The average Bonchev–Trinajstić information content (AvgIpc) is 2.73. The molecule has 0 saturated carbocycles. The summed E-state index contributed by atoms with van der Waals surface area (Å²) < 4.78 is 30.5. The van der Waals surface area contributed by atoms with Crippen molar-refractivity contribution in [3.8, 4) is 0 Å². The first-order chi connectivity index (χ1) is 9.72. The summed E-state index contributed by atoms with van der Waals surface area (Å²) in [6.45, 7) is 1.72. The van der Waals surface area contributed by atoms with Crippen LogP contribution in [0.1, 0.15) is 13.8 Å². The van der Waals surface area contributed by atoms with Gasteiger partial charge < -0.3 is 5.11 Å². The molecule has 0 spiro atoms. The summed E-state index contributed by atoms with van der Waals surface area (Å²) in [5.41, 5.74) is 0.706. The van der Waals surface area contributed by atoms with Crippen LogP contribution in [0.4, 0.5) is 5.69 Å². The monoisotopic (exact) mass is 336 g/mol. The topological polar surface area (TPSA) is 107 Å². The van der Waals surface area contributed by atoms with Gasteiger partial charge in [-0.1, -0.05) is 18.2 Å². The molecule has 7 nitrogen and oxygen atoms in total. The summed E-state index contributed by atoms with van der Waals surface area (Å²) in [6, 6.07) is 8.51. The Hall–Kier alpha value is -0.770. The molecule has 0 bridgehead atoms. The fraction of sp³-hybridized carbons (Fsp3) is 0.385. The van der Waals surface area contributed by atoms with E-state index in [2.05, 4.69) is 5.10 Å². The SMILES string of the molecule is CC1=NN(c2ccccc2)C(=O)C1C(C)(CO)S(=O)(=O)O.[NaH]. The molecule has 0 saturated heterocycles. The molecule has 2 atom stereocenters. The molecule has 0 fully saturated rings. The van der Waals surface area contributed by atoms with Crippen LogP contribution in [0.5, 0.6) is 0 Å². The average molecular weight is 336 g/mol. The summed E-state index contributed by atoms with van der Waals surface area (Å²) >= 11 is 0. The normalized spacial score (nSPS) is 21.1. The maximum absolute atomic E-state index is 12.5. The number of anilines is 1. The molecular formula is C13H17N2NaO5S. The van der Waals surface area contributed by atoms with Crippen molar-refractivity contribution in [1.82, 2.24) is 0 Å². The fourth-order valence-electron chi connectivity index (χ4n) is 2.34. The van der Waals surface area contributed by atoms with E-state index >= 15 is 0 Å². The molecule has 1 aliphatic heterocycles. The second-order valence-electron chi connectivity index (χ2n) is 5.11. The zero-order valence-electron chi connectivity index (χ0n) is 11.6. The molecule has 2 unspecified atom stereocenters. The number of hydrogen-bond donors (Lipinski definition) is 2. The number of hydrogen-bond acceptors (Lipinski definition) is 5. The van der Waals surface area contributed by atoms with Gasteiger partial charge in [0.25, 0.3) is 16.0 Å². The first-order valence-corrected chi connectivity index (χ1v) is 7.68. The summed E-state index contributed by atoms with van der Waals surface area (Å²) in [7, 11) is -4.65. The zero-order chi connectivity index (χ0) is 15.8. The summed E-state index contributed by atoms with van der Waals surface area (Å²) in [5.74, 6) is -1.84. The van der Waals surface area contributed by atoms with Crippen molar-refractivity contribution in [2.45, 2.75) is 18.6 Å². The maximum atomic E-state index is 12.5. The van der Waals surface area contributed by atoms with Gasteiger partial charge in [0, 0.05) is 0 Å². The van der Waals surface area contributed by atoms with E-state index in [-0.39, 0.29) is 35.3 Å². The van der Waals surface area contributed by atoms with Gasteiger partial charge in [0.2, 0.25) is 0 Å². The van der Waals surface area contributed by atoms with Crippen LogP contribution in [0.25, 0.3) is 0 Å². The molecule has 1 aromatic rings. The third-order valence-electron chi connectivity index (χ3n) is 3.65. The number of carbonyl (C=O) groups excluding carboxylic acids is 1. The van der Waals surface area contributed by atoms with Gasteiger partial charge >= 0.3 is 29.6 Å². The third kappa shape index (κ3) is 3.12. The van der Waals surface area contributed by atoms with E-state index in [4.69, 9.17) is 0 Å². The molecule has 9 heteroatoms. The number of carbonyl (C=O) groups is 1. The van der Waals surface area contributed by atoms with Crippen molar-refractivity contribution in [3.63, 3.8) is 0 Å². The number of nitrogens with zero attached hydrogens (tertiary/aromatic N) is 2. The van der Waals surface area contributed by atoms with Gasteiger partial charge in [0.15, 0.2) is 0 Å². The predicted molar refractivity (Wildman–Crippen MR) is 84.7 cm³/mol. The Labute approximate surface area is 151 Å². The molecule has 0 aliphatic carbocycles. The number of para-hydroxylation sites is 1. The van der Waals surface area contributed by atoms with E-state index in [0.29, 0.717) is 5.69 Å². The number of rotatable bonds is 4. The predicted octanol–water partition coefficient (Wildman–Crippen LogP) is 0.0156. The van der Waals surface area contributed by atoms with Gasteiger partial charge in [0.1, 0.15) is 10.7 Å². The molecular weight excluding hydrogens is 319 g/mol. The van der Waals surface area contributed by atoms with Crippen LogP contribution in [0, 0.1) is 5.92 Å². The Bertz CT molecular complexity index is 692. The van der Waals surface area contributed by atoms with Crippen LogP contribution < -0.4 is 5.01 Å². The Morgan fingerprint density at radius 1 is 1.32 bits per heavy atom. The number of aliphatic hydroxyl groups is 1. The number of amides is 1. The molecule has 2 N–H and O–H groups in total. The molecule has 1 aliphatic rings. The molecule has 1 amide bonds. The number of hydrazone groups is 1. The summed E-state index contributed by atoms with van der Waals surface area (Å²) in [6.07, 6.45) is 0. The second kappa shape index (κ2) is 6.77. The van der Waals surface area contributed by atoms with E-state index in [0.717, 1.165) is 11.9 Å². The van der Waals surface area contributed by atoms with Crippen LogP contribution in [-0.4, -0.2) is 70.6 Å². The van der Waals surface area contributed by atoms with Crippen molar-refractivity contribution in [1.29, 1.82) is 0 Å². The Morgan fingerprint density at radius 2 is 1.86 bits per heavy atom. The molecule has 1 heterocycles. The van der Waals surface area contributed by atoms with E-state index in [1.807, 2.05) is 0 Å². The molecule has 0 radical (unpaired) electrons. The van der Waals surface area contributed by atoms with E-state index in [9.17, 15) is 22.9 Å². The van der Waals surface area contributed by atoms with Crippen molar-refractivity contribution < 1.29 is 22.9 Å². The molecule has 0 aromatic heterocycles. The van der Waals surface area contributed by atoms with Crippen molar-refractivity contribution in [2.24, 2.45) is 11.0 Å². The van der Waals surface area contributed by atoms with Crippen molar-refractivity contribution in [2.75, 3.05) is 11.6 Å². The number of aliphatic hydroxyl groups excluding tert-OH is 1. The first-order valence-electron chi connectivity index (χ1n) is 6.24. The Morgan fingerprint density at radius 3 is 2.32 bits per heavy atom. The second-order valence-corrected chi connectivity index (χ2v) is 6.99. The van der Waals surface area contributed by atoms with Gasteiger partial charge in [-0.05, 0) is 26.0 Å². The first kappa shape index (κ1) is 19.3. The van der Waals surface area contributed by atoms with Crippen LogP contribution in [0.3, 0.4) is 0 Å². The van der Waals surface area contributed by atoms with Gasteiger partial charge in [-0.3, -0.25) is 9.35 Å². The quantitative estimate of drug-likeness (QED) is 0.595. The summed E-state index contributed by atoms with van der Waals surface area (Å²) in [4.78, 5) is 12.5. The van der Waals surface area contributed by atoms with Gasteiger partial charge in [-0.2, -0.15) is 13.5 Å². The molecule has 1 aromatic carbocycles. The Balaban J connectivity index is 0.00000242. The summed E-state index contributed by atoms with van der Waals surface area (Å²) in [5, 5.41) is 14.6. The minimum atomic E-state index is -4.65. The molecule has 116 valence electrons. The molecule has 22 heavy (non-hydrogen) atoms. The van der Waals surface area contributed by atoms with Gasteiger partial charge in [-0.15, -0.1) is 0 Å². The van der Waals surface area contributed by atoms with E-state index in [1.54, 1.807) is 30.3 Å². The van der Waals surface area contributed by atoms with E-state index < -0.39 is 33.3 Å². The van der Waals surface area contributed by atoms with Crippen molar-refractivity contribution in [3.05, 3.63) is 30.3 Å². The van der Waals surface area contributed by atoms with Gasteiger partial charge in [-0.25, -0.2) is 5.01 Å². The van der Waals surface area contributed by atoms with Gasteiger partial charge in [0.05, 0.1) is 18.0 Å². The van der Waals surface area contributed by atoms with Crippen LogP contribution in [0.2, 0.25) is 0 Å². The molecule has 2 rings (SSSR count).